The predicted molar refractivity (Wildman–Crippen MR) is 92.9 cm³/mol. The Morgan fingerprint density at radius 2 is 2.04 bits per heavy atom. The molecule has 128 valence electrons. The molecule has 3 amide bonds. The lowest BCUT2D eigenvalue weighted by atomic mass is 9.96. The molecule has 1 aliphatic carbocycles. The smallest absolute Gasteiger partial charge is 0.321 e. The van der Waals surface area contributed by atoms with Gasteiger partial charge in [0.25, 0.3) is 0 Å². The highest BCUT2D eigenvalue weighted by molar-refractivity contribution is 8.02. The normalized spacial score (nSPS) is 16.6. The van der Waals surface area contributed by atoms with Crippen molar-refractivity contribution in [2.75, 3.05) is 11.9 Å². The van der Waals surface area contributed by atoms with E-state index in [-0.39, 0.29) is 11.9 Å². The van der Waals surface area contributed by atoms with Crippen LogP contribution in [0.2, 0.25) is 0 Å². The number of aromatic nitrogens is 2. The fourth-order valence-electron chi connectivity index (χ4n) is 2.37. The fraction of sp³-hybridized carbons (Fsp3) is 0.714. The summed E-state index contributed by atoms with van der Waals surface area (Å²) >= 11 is 2.70. The number of urea groups is 1. The number of carbonyl (C=O) groups excluding carboxylic acids is 2. The lowest BCUT2D eigenvalue weighted by Crippen LogP contribution is -2.47. The van der Waals surface area contributed by atoms with E-state index in [9.17, 15) is 9.59 Å². The molecule has 7 nitrogen and oxygen atoms in total. The summed E-state index contributed by atoms with van der Waals surface area (Å²) in [7, 11) is 0. The van der Waals surface area contributed by atoms with Gasteiger partial charge in [-0.1, -0.05) is 42.4 Å². The number of carbonyl (C=O) groups is 2. The van der Waals surface area contributed by atoms with Crippen LogP contribution < -0.4 is 16.0 Å². The van der Waals surface area contributed by atoms with Gasteiger partial charge in [0.2, 0.25) is 11.0 Å². The van der Waals surface area contributed by atoms with E-state index in [1.54, 1.807) is 6.92 Å². The second kappa shape index (κ2) is 9.07. The Morgan fingerprint density at radius 3 is 2.74 bits per heavy atom. The molecule has 1 atom stereocenters. The molecule has 0 saturated heterocycles. The summed E-state index contributed by atoms with van der Waals surface area (Å²) < 4.78 is 0.705. The van der Waals surface area contributed by atoms with Crippen LogP contribution in [0.3, 0.4) is 0 Å². The van der Waals surface area contributed by atoms with E-state index >= 15 is 0 Å². The van der Waals surface area contributed by atoms with Crippen LogP contribution in [0, 0.1) is 0 Å². The first kappa shape index (κ1) is 18.0. The van der Waals surface area contributed by atoms with Crippen LogP contribution >= 0.6 is 23.1 Å². The first-order valence-electron chi connectivity index (χ1n) is 7.94. The highest BCUT2D eigenvalue weighted by Gasteiger charge is 2.21. The number of imide groups is 1. The number of nitrogens with one attached hydrogen (secondary N) is 3. The first-order chi connectivity index (χ1) is 11.1. The number of rotatable bonds is 6. The average molecular weight is 358 g/mol. The minimum Gasteiger partial charge on any atom is -0.360 e. The molecule has 2 rings (SSSR count). The van der Waals surface area contributed by atoms with Crippen LogP contribution in [0.5, 0.6) is 0 Å². The highest BCUT2D eigenvalue weighted by atomic mass is 32.2. The van der Waals surface area contributed by atoms with Gasteiger partial charge in [-0.25, -0.2) is 4.79 Å². The molecule has 1 aromatic rings. The summed E-state index contributed by atoms with van der Waals surface area (Å²) in [6, 6.07) is -0.217. The Balaban J connectivity index is 1.75. The minimum atomic E-state index is -0.408. The van der Waals surface area contributed by atoms with Crippen LogP contribution in [-0.2, 0) is 4.79 Å². The van der Waals surface area contributed by atoms with Gasteiger partial charge < -0.3 is 10.6 Å². The molecule has 1 aliphatic rings. The van der Waals surface area contributed by atoms with Gasteiger partial charge in [-0.2, -0.15) is 0 Å². The number of amides is 3. The van der Waals surface area contributed by atoms with E-state index in [0.29, 0.717) is 4.34 Å². The van der Waals surface area contributed by atoms with Crippen molar-refractivity contribution in [3.8, 4) is 0 Å². The second-order valence-electron chi connectivity index (χ2n) is 5.46. The average Bonchev–Trinajstić information content (AvgIpc) is 2.95. The van der Waals surface area contributed by atoms with Crippen LogP contribution in [0.4, 0.5) is 9.93 Å². The zero-order valence-corrected chi connectivity index (χ0v) is 15.1. The van der Waals surface area contributed by atoms with Gasteiger partial charge in [-0.3, -0.25) is 10.1 Å². The number of anilines is 1. The zero-order chi connectivity index (χ0) is 16.7. The van der Waals surface area contributed by atoms with Crippen molar-refractivity contribution >= 4 is 40.2 Å². The maximum atomic E-state index is 12.1. The van der Waals surface area contributed by atoms with Gasteiger partial charge in [0.1, 0.15) is 0 Å². The first-order valence-corrected chi connectivity index (χ1v) is 9.63. The summed E-state index contributed by atoms with van der Waals surface area (Å²) in [5, 5.41) is 16.7. The van der Waals surface area contributed by atoms with E-state index < -0.39 is 11.3 Å². The minimum absolute atomic E-state index is 0.186. The van der Waals surface area contributed by atoms with Crippen molar-refractivity contribution in [1.29, 1.82) is 0 Å². The van der Waals surface area contributed by atoms with Crippen LogP contribution in [-0.4, -0.2) is 40.0 Å². The van der Waals surface area contributed by atoms with Gasteiger partial charge in [0.15, 0.2) is 4.34 Å². The van der Waals surface area contributed by atoms with Gasteiger partial charge in [0, 0.05) is 12.6 Å². The van der Waals surface area contributed by atoms with Crippen molar-refractivity contribution in [3.63, 3.8) is 0 Å². The molecular weight excluding hydrogens is 334 g/mol. The van der Waals surface area contributed by atoms with Crippen molar-refractivity contribution in [3.05, 3.63) is 0 Å². The van der Waals surface area contributed by atoms with Gasteiger partial charge in [0.05, 0.1) is 5.25 Å². The SMILES string of the molecule is CCNc1nnc(S[C@H](C)C(=O)NC(=O)NC2CCCCC2)s1. The lowest BCUT2D eigenvalue weighted by Gasteiger charge is -2.22. The molecule has 0 bridgehead atoms. The number of nitrogens with zero attached hydrogens (tertiary/aromatic N) is 2. The van der Waals surface area contributed by atoms with E-state index in [1.165, 1.54) is 29.5 Å². The Morgan fingerprint density at radius 1 is 1.30 bits per heavy atom. The predicted octanol–water partition coefficient (Wildman–Crippen LogP) is 2.61. The maximum Gasteiger partial charge on any atom is 0.321 e. The maximum absolute atomic E-state index is 12.1. The Hall–Kier alpha value is -1.35. The number of hydrogen-bond donors (Lipinski definition) is 3. The largest absolute Gasteiger partial charge is 0.360 e. The third-order valence-corrected chi connectivity index (χ3v) is 5.62. The molecule has 9 heteroatoms. The summed E-state index contributed by atoms with van der Waals surface area (Å²) in [4.78, 5) is 24.0. The Kier molecular flexibility index (Phi) is 7.10. The van der Waals surface area contributed by atoms with E-state index in [2.05, 4.69) is 26.1 Å². The molecule has 1 saturated carbocycles. The molecule has 1 heterocycles. The van der Waals surface area contributed by atoms with Crippen LogP contribution in [0.15, 0.2) is 4.34 Å². The molecule has 23 heavy (non-hydrogen) atoms. The molecule has 0 spiro atoms. The van der Waals surface area contributed by atoms with E-state index in [1.807, 2.05) is 6.92 Å². The van der Waals surface area contributed by atoms with Crippen LogP contribution in [0.25, 0.3) is 0 Å². The second-order valence-corrected chi connectivity index (χ2v) is 8.03. The molecule has 0 aliphatic heterocycles. The molecular formula is C14H23N5O2S2. The summed E-state index contributed by atoms with van der Waals surface area (Å²) in [5.41, 5.74) is 0. The van der Waals surface area contributed by atoms with Gasteiger partial charge in [-0.05, 0) is 26.7 Å². The lowest BCUT2D eigenvalue weighted by molar-refractivity contribution is -0.119. The van der Waals surface area contributed by atoms with Gasteiger partial charge >= 0.3 is 6.03 Å². The molecule has 0 unspecified atom stereocenters. The Labute approximate surface area is 144 Å². The topological polar surface area (TPSA) is 96.0 Å². The molecule has 0 aromatic carbocycles. The molecule has 0 radical (unpaired) electrons. The quantitative estimate of drug-likeness (QED) is 0.677. The van der Waals surface area contributed by atoms with Crippen LogP contribution in [0.1, 0.15) is 46.0 Å². The van der Waals surface area contributed by atoms with Gasteiger partial charge in [-0.15, -0.1) is 10.2 Å². The van der Waals surface area contributed by atoms with Crippen molar-refractivity contribution < 1.29 is 9.59 Å². The molecule has 3 N–H and O–H groups in total. The Bertz CT molecular complexity index is 531. The monoisotopic (exact) mass is 357 g/mol. The zero-order valence-electron chi connectivity index (χ0n) is 13.4. The third kappa shape index (κ3) is 5.98. The van der Waals surface area contributed by atoms with Crippen molar-refractivity contribution in [1.82, 2.24) is 20.8 Å². The van der Waals surface area contributed by atoms with Crippen molar-refractivity contribution in [2.45, 2.75) is 61.6 Å². The third-order valence-electron chi connectivity index (χ3n) is 3.56. The van der Waals surface area contributed by atoms with Crippen molar-refractivity contribution in [2.24, 2.45) is 0 Å². The van der Waals surface area contributed by atoms with E-state index in [0.717, 1.165) is 37.4 Å². The number of hydrogen-bond acceptors (Lipinski definition) is 7. The summed E-state index contributed by atoms with van der Waals surface area (Å²) in [6.45, 7) is 4.51. The molecule has 1 aromatic heterocycles. The summed E-state index contributed by atoms with van der Waals surface area (Å²) in [6.07, 6.45) is 5.48. The highest BCUT2D eigenvalue weighted by Crippen LogP contribution is 2.28. The molecule has 1 fully saturated rings. The number of thioether (sulfide) groups is 1. The summed E-state index contributed by atoms with van der Waals surface area (Å²) in [5.74, 6) is -0.316. The van der Waals surface area contributed by atoms with E-state index in [4.69, 9.17) is 0 Å². The fourth-order valence-corrected chi connectivity index (χ4v) is 4.33. The standard InChI is InChI=1S/C14H23N5O2S2/c1-3-15-13-18-19-14(23-13)22-9(2)11(20)17-12(21)16-10-7-5-4-6-8-10/h9-10H,3-8H2,1-2H3,(H,15,18)(H2,16,17,20,21)/t9-/m1/s1.